The topological polar surface area (TPSA) is 88.9 Å². The Morgan fingerprint density at radius 2 is 2.03 bits per heavy atom. The van der Waals surface area contributed by atoms with Crippen LogP contribution in [0.2, 0.25) is 5.02 Å². The smallest absolute Gasteiger partial charge is 0.242 e. The van der Waals surface area contributed by atoms with Crippen LogP contribution in [0.3, 0.4) is 0 Å². The fourth-order valence-corrected chi connectivity index (χ4v) is 5.93. The molecule has 1 aliphatic carbocycles. The van der Waals surface area contributed by atoms with Gasteiger partial charge in [0.2, 0.25) is 10.0 Å². The molecule has 0 saturated heterocycles. The molecule has 0 spiro atoms. The van der Waals surface area contributed by atoms with E-state index in [1.165, 1.54) is 30.8 Å². The molecule has 1 saturated carbocycles. The molecule has 2 N–H and O–H groups in total. The van der Waals surface area contributed by atoms with Gasteiger partial charge in [0.05, 0.1) is 21.9 Å². The van der Waals surface area contributed by atoms with Gasteiger partial charge in [0, 0.05) is 36.7 Å². The zero-order valence-corrected chi connectivity index (χ0v) is 20.9. The lowest BCUT2D eigenvalue weighted by Gasteiger charge is -2.18. The molecule has 0 amide bonds. The second-order valence-electron chi connectivity index (χ2n) is 8.73. The van der Waals surface area contributed by atoms with E-state index < -0.39 is 21.4 Å². The Balaban J connectivity index is 1.44. The van der Waals surface area contributed by atoms with Gasteiger partial charge in [0.15, 0.2) is 0 Å². The number of hydrogen-bond donors (Lipinski definition) is 2. The van der Waals surface area contributed by atoms with E-state index in [-0.39, 0.29) is 15.6 Å². The lowest BCUT2D eigenvalue weighted by atomic mass is 10.1. The van der Waals surface area contributed by atoms with Gasteiger partial charge in [0.25, 0.3) is 0 Å². The van der Waals surface area contributed by atoms with Gasteiger partial charge in [-0.1, -0.05) is 31.4 Å². The average Bonchev–Trinajstić information content (AvgIpc) is 3.46. The zero-order valence-electron chi connectivity index (χ0n) is 19.3. The Hall–Kier alpha value is -2.49. The molecule has 3 aromatic rings. The number of aromatic nitrogens is 3. The second kappa shape index (κ2) is 10.0. The van der Waals surface area contributed by atoms with Crippen LogP contribution in [0.4, 0.5) is 10.1 Å². The van der Waals surface area contributed by atoms with Crippen LogP contribution in [0.5, 0.6) is 0 Å². The first-order chi connectivity index (χ1) is 16.2. The molecule has 2 aromatic heterocycles. The number of nitrogens with one attached hydrogen (secondary N) is 2. The second-order valence-corrected chi connectivity index (χ2v) is 10.8. The molecule has 1 aliphatic rings. The molecule has 0 radical (unpaired) electrons. The summed E-state index contributed by atoms with van der Waals surface area (Å²) in [5.41, 5.74) is 1.80. The summed E-state index contributed by atoms with van der Waals surface area (Å²) in [6.45, 7) is 5.58. The van der Waals surface area contributed by atoms with E-state index in [2.05, 4.69) is 27.0 Å². The molecular weight excluding hydrogens is 477 g/mol. The first-order valence-electron chi connectivity index (χ1n) is 11.5. The standard InChI is InChI=1S/C24H29ClFN5O2S/c1-3-4-5-13-31-16-18(17(2)29-31)15-28-19-8-9-22(20(25)14-19)34(32,33)30-24(10-11-24)23-21(26)7-6-12-27-23/h6-9,12,14,16,28,30H,3-5,10-11,13,15H2,1-2H3. The van der Waals surface area contributed by atoms with E-state index >= 15 is 0 Å². The number of hydrogen-bond acceptors (Lipinski definition) is 5. The number of nitrogens with zero attached hydrogens (tertiary/aromatic N) is 3. The van der Waals surface area contributed by atoms with E-state index in [0.29, 0.717) is 25.1 Å². The van der Waals surface area contributed by atoms with Gasteiger partial charge >= 0.3 is 0 Å². The van der Waals surface area contributed by atoms with Gasteiger partial charge < -0.3 is 5.32 Å². The largest absolute Gasteiger partial charge is 0.381 e. The molecule has 2 heterocycles. The zero-order chi connectivity index (χ0) is 24.3. The van der Waals surface area contributed by atoms with Crippen molar-refractivity contribution in [3.8, 4) is 0 Å². The van der Waals surface area contributed by atoms with Crippen LogP contribution in [0.15, 0.2) is 47.6 Å². The fourth-order valence-electron chi connectivity index (χ4n) is 3.96. The van der Waals surface area contributed by atoms with E-state index in [0.717, 1.165) is 30.6 Å². The number of halogens is 2. The summed E-state index contributed by atoms with van der Waals surface area (Å²) in [5, 5.41) is 7.93. The van der Waals surface area contributed by atoms with E-state index in [1.807, 2.05) is 17.8 Å². The minimum Gasteiger partial charge on any atom is -0.381 e. The number of unbranched alkanes of at least 4 members (excludes halogenated alkanes) is 2. The van der Waals surface area contributed by atoms with Crippen LogP contribution in [0.25, 0.3) is 0 Å². The minimum atomic E-state index is -3.98. The third-order valence-electron chi connectivity index (χ3n) is 6.03. The molecule has 0 aliphatic heterocycles. The van der Waals surface area contributed by atoms with Crippen molar-refractivity contribution < 1.29 is 12.8 Å². The molecule has 182 valence electrons. The number of aryl methyl sites for hydroxylation is 2. The minimum absolute atomic E-state index is 0.0535. The Kier molecular flexibility index (Phi) is 7.25. The predicted molar refractivity (Wildman–Crippen MR) is 131 cm³/mol. The predicted octanol–water partition coefficient (Wildman–Crippen LogP) is 5.15. The molecule has 10 heteroatoms. The maximum Gasteiger partial charge on any atom is 0.242 e. The summed E-state index contributed by atoms with van der Waals surface area (Å²) >= 11 is 6.36. The van der Waals surface area contributed by atoms with Gasteiger partial charge in [-0.05, 0) is 56.5 Å². The van der Waals surface area contributed by atoms with Crippen molar-refractivity contribution in [2.24, 2.45) is 0 Å². The highest BCUT2D eigenvalue weighted by molar-refractivity contribution is 7.89. The first-order valence-corrected chi connectivity index (χ1v) is 13.3. The van der Waals surface area contributed by atoms with E-state index in [4.69, 9.17) is 11.6 Å². The van der Waals surface area contributed by atoms with Crippen molar-refractivity contribution in [2.75, 3.05) is 5.32 Å². The highest BCUT2D eigenvalue weighted by Crippen LogP contribution is 2.46. The van der Waals surface area contributed by atoms with Crippen molar-refractivity contribution in [3.05, 3.63) is 70.5 Å². The average molecular weight is 506 g/mol. The van der Waals surface area contributed by atoms with Crippen LogP contribution in [0.1, 0.15) is 56.0 Å². The summed E-state index contributed by atoms with van der Waals surface area (Å²) < 4.78 is 44.9. The molecule has 1 fully saturated rings. The van der Waals surface area contributed by atoms with Crippen molar-refractivity contribution in [2.45, 2.75) is 69.5 Å². The highest BCUT2D eigenvalue weighted by Gasteiger charge is 2.50. The van der Waals surface area contributed by atoms with Crippen molar-refractivity contribution in [3.63, 3.8) is 0 Å². The molecule has 0 unspecified atom stereocenters. The van der Waals surface area contributed by atoms with E-state index in [9.17, 15) is 12.8 Å². The summed E-state index contributed by atoms with van der Waals surface area (Å²) in [7, 11) is -3.98. The molecular formula is C24H29ClFN5O2S. The molecule has 0 atom stereocenters. The molecule has 34 heavy (non-hydrogen) atoms. The maximum absolute atomic E-state index is 14.2. The molecule has 1 aromatic carbocycles. The van der Waals surface area contributed by atoms with Gasteiger partial charge in [-0.3, -0.25) is 9.67 Å². The third-order valence-corrected chi connectivity index (χ3v) is 8.05. The van der Waals surface area contributed by atoms with Crippen molar-refractivity contribution >= 4 is 27.3 Å². The van der Waals surface area contributed by atoms with Crippen LogP contribution < -0.4 is 10.0 Å². The molecule has 4 rings (SSSR count). The summed E-state index contributed by atoms with van der Waals surface area (Å²) in [5.74, 6) is -0.530. The lowest BCUT2D eigenvalue weighted by Crippen LogP contribution is -2.36. The number of anilines is 1. The number of sulfonamides is 1. The van der Waals surface area contributed by atoms with Gasteiger partial charge in [0.1, 0.15) is 10.7 Å². The van der Waals surface area contributed by atoms with Crippen LogP contribution >= 0.6 is 11.6 Å². The summed E-state index contributed by atoms with van der Waals surface area (Å²) in [6.07, 6.45) is 7.87. The number of pyridine rings is 1. The van der Waals surface area contributed by atoms with Crippen LogP contribution in [-0.2, 0) is 28.7 Å². The maximum atomic E-state index is 14.2. The van der Waals surface area contributed by atoms with Crippen molar-refractivity contribution in [1.82, 2.24) is 19.5 Å². The number of rotatable bonds is 11. The Labute approximate surface area is 204 Å². The van der Waals surface area contributed by atoms with Gasteiger partial charge in [-0.2, -0.15) is 9.82 Å². The summed E-state index contributed by atoms with van der Waals surface area (Å²) in [4.78, 5) is 4.00. The number of benzene rings is 1. The normalized spacial score (nSPS) is 14.8. The SMILES string of the molecule is CCCCCn1cc(CNc2ccc(S(=O)(=O)NC3(c4ncccc4F)CC3)c(Cl)c2)c(C)n1. The van der Waals surface area contributed by atoms with Crippen molar-refractivity contribution in [1.29, 1.82) is 0 Å². The molecule has 0 bridgehead atoms. The monoisotopic (exact) mass is 505 g/mol. The summed E-state index contributed by atoms with van der Waals surface area (Å²) in [6, 6.07) is 7.46. The van der Waals surface area contributed by atoms with E-state index in [1.54, 1.807) is 12.1 Å². The quantitative estimate of drug-likeness (QED) is 0.352. The van der Waals surface area contributed by atoms with Gasteiger partial charge in [-0.15, -0.1) is 0 Å². The third kappa shape index (κ3) is 5.42. The lowest BCUT2D eigenvalue weighted by molar-refractivity contribution is 0.515. The van der Waals surface area contributed by atoms with Gasteiger partial charge in [-0.25, -0.2) is 12.8 Å². The van der Waals surface area contributed by atoms with Crippen LogP contribution in [-0.4, -0.2) is 23.2 Å². The Morgan fingerprint density at radius 1 is 1.24 bits per heavy atom. The van der Waals surface area contributed by atoms with Crippen LogP contribution in [0, 0.1) is 12.7 Å². The Bertz CT molecular complexity index is 1270. The Morgan fingerprint density at radius 3 is 2.71 bits per heavy atom. The molecule has 7 nitrogen and oxygen atoms in total. The first kappa shape index (κ1) is 24.6. The fraction of sp³-hybridized carbons (Fsp3) is 0.417. The highest BCUT2D eigenvalue weighted by atomic mass is 35.5.